The van der Waals surface area contributed by atoms with Crippen LogP contribution >= 0.6 is 22.9 Å². The summed E-state index contributed by atoms with van der Waals surface area (Å²) in [5.41, 5.74) is 7.25. The third-order valence-electron chi connectivity index (χ3n) is 7.33. The molecule has 1 aliphatic rings. The highest BCUT2D eigenvalue weighted by molar-refractivity contribution is 7.22. The Hall–Kier alpha value is -4.14. The number of hydrogen-bond donors (Lipinski definition) is 1. The number of likely N-dealkylation sites (N-methyl/N-ethyl adjacent to an activating group) is 1. The summed E-state index contributed by atoms with van der Waals surface area (Å²) in [6.45, 7) is 9.35. The van der Waals surface area contributed by atoms with Crippen molar-refractivity contribution in [3.63, 3.8) is 0 Å². The topological polar surface area (TPSA) is 84.8 Å². The largest absolute Gasteiger partial charge is 0.490 e. The average Bonchev–Trinajstić information content (AvgIpc) is 3.36. The van der Waals surface area contributed by atoms with Gasteiger partial charge in [0, 0.05) is 40.5 Å². The van der Waals surface area contributed by atoms with Gasteiger partial charge < -0.3 is 19.5 Å². The van der Waals surface area contributed by atoms with Crippen LogP contribution in [-0.2, 0) is 11.2 Å². The summed E-state index contributed by atoms with van der Waals surface area (Å²) in [5, 5.41) is 11.2. The van der Waals surface area contributed by atoms with Crippen molar-refractivity contribution in [3.05, 3.63) is 76.9 Å². The summed E-state index contributed by atoms with van der Waals surface area (Å²) in [7, 11) is 2.06. The monoisotopic (exact) mass is 613 g/mol. The van der Waals surface area contributed by atoms with Crippen LogP contribution in [-0.4, -0.2) is 46.8 Å². The zero-order chi connectivity index (χ0) is 30.5. The lowest BCUT2D eigenvalue weighted by Crippen LogP contribution is -2.28. The van der Waals surface area contributed by atoms with Gasteiger partial charge >= 0.3 is 5.97 Å². The number of carbonyl (C=O) groups is 1. The van der Waals surface area contributed by atoms with E-state index < -0.39 is 11.6 Å². The molecule has 220 valence electrons. The molecule has 0 atom stereocenters. The highest BCUT2D eigenvalue weighted by atomic mass is 35.5. The first kappa shape index (κ1) is 29.0. The van der Waals surface area contributed by atoms with Crippen molar-refractivity contribution in [2.24, 2.45) is 0 Å². The Morgan fingerprint density at radius 2 is 1.93 bits per heavy atom. The quantitative estimate of drug-likeness (QED) is 0.206. The molecule has 43 heavy (non-hydrogen) atoms. The minimum atomic E-state index is -0.903. The maximum absolute atomic E-state index is 12.0. The number of pyridine rings is 1. The maximum Gasteiger partial charge on any atom is 0.307 e. The van der Waals surface area contributed by atoms with Crippen LogP contribution in [0.1, 0.15) is 31.9 Å². The number of aromatic nitrogens is 2. The van der Waals surface area contributed by atoms with Crippen molar-refractivity contribution in [1.29, 1.82) is 0 Å². The zero-order valence-electron chi connectivity index (χ0n) is 24.7. The van der Waals surface area contributed by atoms with Crippen LogP contribution in [0.25, 0.3) is 43.2 Å². The van der Waals surface area contributed by atoms with E-state index >= 15 is 0 Å². The number of carboxylic acid groups (broad SMARTS) is 1. The van der Waals surface area contributed by atoms with Gasteiger partial charge in [-0.25, -0.2) is 4.98 Å². The number of anilines is 1. The minimum Gasteiger partial charge on any atom is -0.490 e. The lowest BCUT2D eigenvalue weighted by Gasteiger charge is -2.27. The Balaban J connectivity index is 1.50. The highest BCUT2D eigenvalue weighted by Gasteiger charge is 2.24. The van der Waals surface area contributed by atoms with Crippen LogP contribution in [0.4, 0.5) is 5.69 Å². The van der Waals surface area contributed by atoms with Gasteiger partial charge in [-0.05, 0) is 87.4 Å². The SMILES string of the molecule is Cc1cc2nc(-c3ccnc(-c4ccc5c(c4)OCCN5C)c3)sc2c(-c2ccc(Cl)cc2OC(C)(C)C)c1CC(=O)O. The standard InChI is InChI=1S/C34H32ClN3O4S/c1-19-14-26-32(31(24(19)18-30(39)40)23-8-7-22(35)17-28(23)42-34(2,3)4)43-33(37-26)21-10-11-36-25(15-21)20-6-9-27-29(16-20)41-13-12-38(27)5/h6-11,14-17H,12-13,18H2,1-5H3,(H,39,40). The number of thiazole rings is 1. The molecule has 5 aromatic rings. The Bertz CT molecular complexity index is 1880. The second-order valence-corrected chi connectivity index (χ2v) is 13.2. The molecular weight excluding hydrogens is 582 g/mol. The van der Waals surface area contributed by atoms with Crippen molar-refractivity contribution >= 4 is 44.8 Å². The van der Waals surface area contributed by atoms with E-state index in [0.717, 1.165) is 72.3 Å². The molecule has 0 saturated heterocycles. The molecule has 0 fully saturated rings. The van der Waals surface area contributed by atoms with E-state index in [9.17, 15) is 9.90 Å². The maximum atomic E-state index is 12.0. The number of ether oxygens (including phenoxy) is 2. The summed E-state index contributed by atoms with van der Waals surface area (Å²) >= 11 is 7.93. The lowest BCUT2D eigenvalue weighted by atomic mass is 9.92. The molecule has 0 amide bonds. The van der Waals surface area contributed by atoms with Crippen LogP contribution < -0.4 is 14.4 Å². The first-order valence-corrected chi connectivity index (χ1v) is 15.2. The molecule has 0 saturated carbocycles. The van der Waals surface area contributed by atoms with E-state index in [4.69, 9.17) is 26.1 Å². The van der Waals surface area contributed by atoms with E-state index in [2.05, 4.69) is 29.1 Å². The predicted molar refractivity (Wildman–Crippen MR) is 174 cm³/mol. The van der Waals surface area contributed by atoms with Crippen molar-refractivity contribution in [1.82, 2.24) is 9.97 Å². The molecule has 0 unspecified atom stereocenters. The van der Waals surface area contributed by atoms with E-state index in [1.54, 1.807) is 12.3 Å². The minimum absolute atomic E-state index is 0.128. The third kappa shape index (κ3) is 5.90. The Morgan fingerprint density at radius 1 is 1.12 bits per heavy atom. The van der Waals surface area contributed by atoms with Crippen LogP contribution in [0.5, 0.6) is 11.5 Å². The van der Waals surface area contributed by atoms with Crippen molar-refractivity contribution in [2.45, 2.75) is 39.7 Å². The van der Waals surface area contributed by atoms with Crippen molar-refractivity contribution in [2.75, 3.05) is 25.1 Å². The second-order valence-electron chi connectivity index (χ2n) is 11.7. The number of halogens is 1. The molecule has 1 N–H and O–H groups in total. The molecule has 0 radical (unpaired) electrons. The van der Waals surface area contributed by atoms with Gasteiger partial charge in [0.15, 0.2) is 0 Å². The number of carboxylic acids is 1. The molecule has 0 aliphatic carbocycles. The fourth-order valence-electron chi connectivity index (χ4n) is 5.38. The number of nitrogens with zero attached hydrogens (tertiary/aromatic N) is 3. The molecule has 1 aliphatic heterocycles. The van der Waals surface area contributed by atoms with Crippen LogP contribution in [0.2, 0.25) is 5.02 Å². The lowest BCUT2D eigenvalue weighted by molar-refractivity contribution is -0.136. The van der Waals surface area contributed by atoms with Gasteiger partial charge in [-0.1, -0.05) is 17.7 Å². The number of hydrogen-bond acceptors (Lipinski definition) is 7. The number of aryl methyl sites for hydroxylation is 1. The summed E-state index contributed by atoms with van der Waals surface area (Å²) in [4.78, 5) is 23.9. The second kappa shape index (κ2) is 11.2. The molecule has 6 rings (SSSR count). The molecular formula is C34H32ClN3O4S. The summed E-state index contributed by atoms with van der Waals surface area (Å²) in [5.74, 6) is 0.542. The van der Waals surface area contributed by atoms with E-state index in [-0.39, 0.29) is 6.42 Å². The van der Waals surface area contributed by atoms with Crippen LogP contribution in [0.15, 0.2) is 60.8 Å². The molecule has 7 nitrogen and oxygen atoms in total. The third-order valence-corrected chi connectivity index (χ3v) is 8.70. The van der Waals surface area contributed by atoms with E-state index in [0.29, 0.717) is 17.4 Å². The Labute approximate surface area is 259 Å². The predicted octanol–water partition coefficient (Wildman–Crippen LogP) is 8.29. The Morgan fingerprint density at radius 3 is 2.70 bits per heavy atom. The van der Waals surface area contributed by atoms with E-state index in [1.165, 1.54) is 11.3 Å². The smallest absolute Gasteiger partial charge is 0.307 e. The Kier molecular flexibility index (Phi) is 7.52. The highest BCUT2D eigenvalue weighted by Crippen LogP contribution is 2.45. The summed E-state index contributed by atoms with van der Waals surface area (Å²) in [6.07, 6.45) is 1.66. The molecule has 2 aromatic heterocycles. The van der Waals surface area contributed by atoms with Gasteiger partial charge in [-0.2, -0.15) is 0 Å². The first-order chi connectivity index (χ1) is 20.5. The number of fused-ring (bicyclic) bond motifs is 2. The van der Waals surface area contributed by atoms with Crippen LogP contribution in [0, 0.1) is 6.92 Å². The normalized spacial score (nSPS) is 13.1. The fourth-order valence-corrected chi connectivity index (χ4v) is 6.67. The first-order valence-electron chi connectivity index (χ1n) is 14.1. The zero-order valence-corrected chi connectivity index (χ0v) is 26.3. The molecule has 9 heteroatoms. The molecule has 0 bridgehead atoms. The number of rotatable bonds is 6. The van der Waals surface area contributed by atoms with Gasteiger partial charge in [-0.15, -0.1) is 11.3 Å². The van der Waals surface area contributed by atoms with Gasteiger partial charge in [-0.3, -0.25) is 9.78 Å². The van der Waals surface area contributed by atoms with E-state index in [1.807, 2.05) is 64.1 Å². The molecule has 0 spiro atoms. The molecule has 3 aromatic carbocycles. The average molecular weight is 614 g/mol. The van der Waals surface area contributed by atoms with Crippen molar-refractivity contribution in [3.8, 4) is 44.5 Å². The van der Waals surface area contributed by atoms with Crippen molar-refractivity contribution < 1.29 is 19.4 Å². The van der Waals surface area contributed by atoms with Crippen LogP contribution in [0.3, 0.4) is 0 Å². The summed E-state index contributed by atoms with van der Waals surface area (Å²) in [6, 6.07) is 17.6. The molecule has 3 heterocycles. The van der Waals surface area contributed by atoms with Gasteiger partial charge in [0.2, 0.25) is 0 Å². The number of aliphatic carboxylic acids is 1. The van der Waals surface area contributed by atoms with Gasteiger partial charge in [0.25, 0.3) is 0 Å². The summed E-state index contributed by atoms with van der Waals surface area (Å²) < 4.78 is 13.2. The number of benzene rings is 3. The fraction of sp³-hybridized carbons (Fsp3) is 0.265. The van der Waals surface area contributed by atoms with Gasteiger partial charge in [0.05, 0.1) is 34.6 Å². The van der Waals surface area contributed by atoms with Gasteiger partial charge in [0.1, 0.15) is 28.7 Å².